The van der Waals surface area contributed by atoms with E-state index in [1.165, 1.54) is 0 Å². The molecule has 0 atom stereocenters. The third-order valence-corrected chi connectivity index (χ3v) is 5.76. The van der Waals surface area contributed by atoms with Gasteiger partial charge in [0.2, 0.25) is 0 Å². The second kappa shape index (κ2) is 8.76. The summed E-state index contributed by atoms with van der Waals surface area (Å²) < 4.78 is 39.4. The zero-order valence-corrected chi connectivity index (χ0v) is 16.5. The number of benzene rings is 3. The van der Waals surface area contributed by atoms with Gasteiger partial charge in [0.1, 0.15) is 0 Å². The van der Waals surface area contributed by atoms with E-state index in [-0.39, 0.29) is 13.1 Å². The summed E-state index contributed by atoms with van der Waals surface area (Å²) in [5, 5.41) is 0. The number of hydrogen-bond donors (Lipinski definition) is 0. The van der Waals surface area contributed by atoms with Gasteiger partial charge in [0.05, 0.1) is 5.54 Å². The van der Waals surface area contributed by atoms with Gasteiger partial charge in [0, 0.05) is 26.2 Å². The third kappa shape index (κ3) is 3.61. The average Bonchev–Trinajstić information content (AvgIpc) is 2.82. The van der Waals surface area contributed by atoms with Gasteiger partial charge in [-0.3, -0.25) is 4.90 Å². The molecule has 0 spiro atoms. The zero-order valence-electron chi connectivity index (χ0n) is 16.5. The molecule has 0 aromatic heterocycles. The molecule has 0 unspecified atom stereocenters. The Bertz CT molecular complexity index is 882. The van der Waals surface area contributed by atoms with Gasteiger partial charge in [-0.25, -0.2) is 0 Å². The number of rotatable bonds is 5. The molecule has 1 aliphatic rings. The van der Waals surface area contributed by atoms with E-state index < -0.39 is 17.6 Å². The predicted molar refractivity (Wildman–Crippen MR) is 113 cm³/mol. The Labute approximate surface area is 174 Å². The highest BCUT2D eigenvalue weighted by Gasteiger charge is 2.43. The third-order valence-electron chi connectivity index (χ3n) is 5.76. The molecule has 0 saturated carbocycles. The molecule has 4 rings (SSSR count). The summed E-state index contributed by atoms with van der Waals surface area (Å²) in [6.07, 6.45) is -2.26. The van der Waals surface area contributed by atoms with Crippen molar-refractivity contribution in [2.75, 3.05) is 26.2 Å². The minimum Gasteiger partial charge on any atom is -0.341 e. The Balaban J connectivity index is 1.85. The van der Waals surface area contributed by atoms with Gasteiger partial charge in [-0.2, -0.15) is 13.2 Å². The van der Waals surface area contributed by atoms with Crippen LogP contribution in [0.1, 0.15) is 16.7 Å². The highest BCUT2D eigenvalue weighted by Crippen LogP contribution is 2.43. The summed E-state index contributed by atoms with van der Waals surface area (Å²) in [5.74, 6) is -1.42. The lowest BCUT2D eigenvalue weighted by Crippen LogP contribution is -2.56. The van der Waals surface area contributed by atoms with E-state index in [1.54, 1.807) is 0 Å². The van der Waals surface area contributed by atoms with Crippen molar-refractivity contribution in [3.63, 3.8) is 0 Å². The van der Waals surface area contributed by atoms with Gasteiger partial charge in [0.25, 0.3) is 5.95 Å². The van der Waals surface area contributed by atoms with Crippen LogP contribution in [0.3, 0.4) is 0 Å². The molecule has 0 amide bonds. The molecule has 2 nitrogen and oxygen atoms in total. The van der Waals surface area contributed by atoms with Crippen molar-refractivity contribution in [3.8, 4) is 0 Å². The standard InChI is InChI=1S/C25H23F3N2/c26-23(27)24(28)29-16-18-30(19-17-29)25(20-10-4-1-5-11-20,21-12-6-2-7-13-21)22-14-8-3-9-15-22/h1-15H,16-19H2. The van der Waals surface area contributed by atoms with E-state index in [9.17, 15) is 13.2 Å². The second-order valence-electron chi connectivity index (χ2n) is 7.33. The molecule has 3 aromatic carbocycles. The minimum absolute atomic E-state index is 0.192. The first-order valence-corrected chi connectivity index (χ1v) is 10.0. The van der Waals surface area contributed by atoms with Crippen molar-refractivity contribution in [1.82, 2.24) is 9.80 Å². The van der Waals surface area contributed by atoms with Crippen LogP contribution in [0, 0.1) is 0 Å². The highest BCUT2D eigenvalue weighted by molar-refractivity contribution is 5.49. The highest BCUT2D eigenvalue weighted by atomic mass is 19.3. The Morgan fingerprint density at radius 3 is 1.27 bits per heavy atom. The SMILES string of the molecule is FC(F)=C(F)N1CCN(C(c2ccccc2)(c2ccccc2)c2ccccc2)CC1. The van der Waals surface area contributed by atoms with E-state index in [2.05, 4.69) is 41.3 Å². The fraction of sp³-hybridized carbons (Fsp3) is 0.200. The van der Waals surface area contributed by atoms with Crippen molar-refractivity contribution in [2.24, 2.45) is 0 Å². The normalized spacial score (nSPS) is 15.1. The van der Waals surface area contributed by atoms with Crippen molar-refractivity contribution in [1.29, 1.82) is 0 Å². The van der Waals surface area contributed by atoms with Gasteiger partial charge < -0.3 is 4.90 Å². The Kier molecular flexibility index (Phi) is 5.91. The molecule has 1 fully saturated rings. The van der Waals surface area contributed by atoms with E-state index >= 15 is 0 Å². The Morgan fingerprint density at radius 2 is 0.933 bits per heavy atom. The molecule has 0 bridgehead atoms. The summed E-state index contributed by atoms with van der Waals surface area (Å²) >= 11 is 0. The van der Waals surface area contributed by atoms with E-state index in [4.69, 9.17) is 0 Å². The molecule has 3 aromatic rings. The molecule has 1 aliphatic heterocycles. The first-order valence-electron chi connectivity index (χ1n) is 10.0. The van der Waals surface area contributed by atoms with Crippen LogP contribution in [0.5, 0.6) is 0 Å². The fourth-order valence-corrected chi connectivity index (χ4v) is 4.44. The topological polar surface area (TPSA) is 6.48 Å². The van der Waals surface area contributed by atoms with Gasteiger partial charge in [-0.1, -0.05) is 91.0 Å². The predicted octanol–water partition coefficient (Wildman–Crippen LogP) is 5.63. The Morgan fingerprint density at radius 1 is 0.567 bits per heavy atom. The zero-order chi connectivity index (χ0) is 21.0. The maximum absolute atomic E-state index is 13.8. The minimum atomic E-state index is -2.26. The van der Waals surface area contributed by atoms with Crippen LogP contribution in [0.25, 0.3) is 0 Å². The first-order chi connectivity index (χ1) is 14.6. The van der Waals surface area contributed by atoms with Crippen LogP contribution in [0.15, 0.2) is 103 Å². The van der Waals surface area contributed by atoms with Crippen molar-refractivity contribution in [3.05, 3.63) is 120 Å². The Hall–Kier alpha value is -3.05. The van der Waals surface area contributed by atoms with Crippen LogP contribution in [0.2, 0.25) is 0 Å². The second-order valence-corrected chi connectivity index (χ2v) is 7.33. The molecule has 0 aliphatic carbocycles. The summed E-state index contributed by atoms with van der Waals surface area (Å²) in [5.41, 5.74) is 2.65. The lowest BCUT2D eigenvalue weighted by Gasteiger charge is -2.49. The van der Waals surface area contributed by atoms with Crippen molar-refractivity contribution < 1.29 is 13.2 Å². The van der Waals surface area contributed by atoms with Gasteiger partial charge in [-0.15, -0.1) is 0 Å². The molecule has 30 heavy (non-hydrogen) atoms. The molecule has 5 heteroatoms. The number of hydrogen-bond acceptors (Lipinski definition) is 2. The summed E-state index contributed by atoms with van der Waals surface area (Å²) in [4.78, 5) is 3.39. The van der Waals surface area contributed by atoms with E-state index in [0.29, 0.717) is 13.1 Å². The van der Waals surface area contributed by atoms with E-state index in [0.717, 1.165) is 21.6 Å². The number of piperazine rings is 1. The fourth-order valence-electron chi connectivity index (χ4n) is 4.44. The van der Waals surface area contributed by atoms with Gasteiger partial charge in [0.15, 0.2) is 0 Å². The molecule has 1 saturated heterocycles. The number of halogens is 3. The van der Waals surface area contributed by atoms with Crippen LogP contribution in [0.4, 0.5) is 13.2 Å². The smallest absolute Gasteiger partial charge is 0.322 e. The van der Waals surface area contributed by atoms with Crippen LogP contribution in [-0.4, -0.2) is 36.0 Å². The average molecular weight is 408 g/mol. The van der Waals surface area contributed by atoms with E-state index in [1.807, 2.05) is 54.6 Å². The number of nitrogens with zero attached hydrogens (tertiary/aromatic N) is 2. The van der Waals surface area contributed by atoms with Gasteiger partial charge >= 0.3 is 6.08 Å². The lowest BCUT2D eigenvalue weighted by molar-refractivity contribution is 0.0718. The summed E-state index contributed by atoms with van der Waals surface area (Å²) in [7, 11) is 0. The van der Waals surface area contributed by atoms with Crippen LogP contribution >= 0.6 is 0 Å². The lowest BCUT2D eigenvalue weighted by atomic mass is 9.75. The summed E-state index contributed by atoms with van der Waals surface area (Å²) in [6, 6.07) is 30.5. The van der Waals surface area contributed by atoms with Crippen molar-refractivity contribution in [2.45, 2.75) is 5.54 Å². The first kappa shape index (κ1) is 20.2. The van der Waals surface area contributed by atoms with Gasteiger partial charge in [-0.05, 0) is 16.7 Å². The molecular weight excluding hydrogens is 385 g/mol. The van der Waals surface area contributed by atoms with Crippen LogP contribution < -0.4 is 0 Å². The molecule has 0 radical (unpaired) electrons. The van der Waals surface area contributed by atoms with Crippen LogP contribution in [-0.2, 0) is 5.54 Å². The summed E-state index contributed by atoms with van der Waals surface area (Å²) in [6.45, 7) is 1.27. The molecular formula is C25H23F3N2. The van der Waals surface area contributed by atoms with Crippen molar-refractivity contribution >= 4 is 0 Å². The molecule has 154 valence electrons. The molecule has 0 N–H and O–H groups in total. The largest absolute Gasteiger partial charge is 0.341 e. The maximum Gasteiger partial charge on any atom is 0.322 e. The maximum atomic E-state index is 13.8. The molecule has 1 heterocycles. The monoisotopic (exact) mass is 408 g/mol. The quantitative estimate of drug-likeness (QED) is 0.399.